The number of nitrogens with one attached hydrogen (secondary N) is 3. The molecule has 3 rings (SSSR count). The van der Waals surface area contributed by atoms with Crippen LogP contribution in [0.15, 0.2) is 53.1 Å². The van der Waals surface area contributed by atoms with Gasteiger partial charge in [-0.05, 0) is 42.4 Å². The molecule has 1 heterocycles. The molecular formula is C19H18FN3O2S. The number of carbonyl (C=O) groups excluding carboxylic acids is 1. The van der Waals surface area contributed by atoms with Crippen molar-refractivity contribution in [1.82, 2.24) is 10.9 Å². The van der Waals surface area contributed by atoms with Gasteiger partial charge in [0.05, 0.1) is 18.4 Å². The van der Waals surface area contributed by atoms with Crippen LogP contribution in [-0.2, 0) is 17.6 Å². The van der Waals surface area contributed by atoms with E-state index in [0.29, 0.717) is 0 Å². The summed E-state index contributed by atoms with van der Waals surface area (Å²) in [7, 11) is 0. The number of furan rings is 1. The first kappa shape index (κ1) is 17.9. The molecule has 0 aliphatic rings. The highest BCUT2D eigenvalue weighted by Gasteiger charge is 2.11. The molecule has 0 aliphatic heterocycles. The summed E-state index contributed by atoms with van der Waals surface area (Å²) in [4.78, 5) is 12.1. The Kier molecular flexibility index (Phi) is 5.48. The van der Waals surface area contributed by atoms with E-state index in [1.807, 2.05) is 18.2 Å². The highest BCUT2D eigenvalue weighted by molar-refractivity contribution is 7.80. The summed E-state index contributed by atoms with van der Waals surface area (Å²) < 4.78 is 19.1. The molecule has 1 aromatic heterocycles. The van der Waals surface area contributed by atoms with E-state index < -0.39 is 5.82 Å². The molecule has 26 heavy (non-hydrogen) atoms. The monoisotopic (exact) mass is 371 g/mol. The van der Waals surface area contributed by atoms with Crippen molar-refractivity contribution in [2.24, 2.45) is 0 Å². The summed E-state index contributed by atoms with van der Waals surface area (Å²) >= 11 is 5.04. The van der Waals surface area contributed by atoms with E-state index in [-0.39, 0.29) is 23.1 Å². The lowest BCUT2D eigenvalue weighted by molar-refractivity contribution is -0.120. The van der Waals surface area contributed by atoms with E-state index in [2.05, 4.69) is 23.1 Å². The van der Waals surface area contributed by atoms with E-state index in [4.69, 9.17) is 16.6 Å². The Hall–Kier alpha value is -2.93. The first-order valence-corrected chi connectivity index (χ1v) is 8.57. The van der Waals surface area contributed by atoms with E-state index in [1.54, 1.807) is 24.5 Å². The molecule has 0 radical (unpaired) electrons. The molecule has 0 atom stereocenters. The number of rotatable bonds is 4. The van der Waals surface area contributed by atoms with Gasteiger partial charge >= 0.3 is 0 Å². The summed E-state index contributed by atoms with van der Waals surface area (Å²) in [5.41, 5.74) is 8.00. The summed E-state index contributed by atoms with van der Waals surface area (Å²) in [6, 6.07) is 12.1. The molecule has 0 saturated heterocycles. The van der Waals surface area contributed by atoms with Crippen molar-refractivity contribution in [1.29, 1.82) is 0 Å². The van der Waals surface area contributed by atoms with Gasteiger partial charge < -0.3 is 9.73 Å². The van der Waals surface area contributed by atoms with Crippen molar-refractivity contribution in [2.75, 3.05) is 5.32 Å². The Bertz CT molecular complexity index is 955. The van der Waals surface area contributed by atoms with E-state index in [1.165, 1.54) is 11.6 Å². The SMILES string of the molecule is CCc1ccc2c(CC(=O)NNC(=S)Nc3ccccc3F)coc2c1. The summed E-state index contributed by atoms with van der Waals surface area (Å²) in [5.74, 6) is -0.718. The Labute approximate surface area is 155 Å². The van der Waals surface area contributed by atoms with Gasteiger partial charge in [0, 0.05) is 10.9 Å². The van der Waals surface area contributed by atoms with Crippen molar-refractivity contribution in [3.05, 3.63) is 65.7 Å². The number of carbonyl (C=O) groups is 1. The molecule has 0 spiro atoms. The number of para-hydroxylation sites is 1. The zero-order valence-corrected chi connectivity index (χ0v) is 15.0. The average Bonchev–Trinajstić information content (AvgIpc) is 3.04. The highest BCUT2D eigenvalue weighted by Crippen LogP contribution is 2.23. The lowest BCUT2D eigenvalue weighted by atomic mass is 10.1. The van der Waals surface area contributed by atoms with E-state index >= 15 is 0 Å². The van der Waals surface area contributed by atoms with Crippen LogP contribution in [0.5, 0.6) is 0 Å². The van der Waals surface area contributed by atoms with Gasteiger partial charge in [-0.25, -0.2) is 4.39 Å². The first-order chi connectivity index (χ1) is 12.6. The number of halogens is 1. The van der Waals surface area contributed by atoms with Gasteiger partial charge in [0.2, 0.25) is 5.91 Å². The Balaban J connectivity index is 1.56. The molecule has 5 nitrogen and oxygen atoms in total. The smallest absolute Gasteiger partial charge is 0.242 e. The normalized spacial score (nSPS) is 10.5. The minimum atomic E-state index is -0.431. The van der Waals surface area contributed by atoms with Gasteiger partial charge in [-0.3, -0.25) is 15.6 Å². The van der Waals surface area contributed by atoms with Gasteiger partial charge in [0.1, 0.15) is 11.4 Å². The van der Waals surface area contributed by atoms with Gasteiger partial charge in [-0.2, -0.15) is 0 Å². The fourth-order valence-electron chi connectivity index (χ4n) is 2.54. The predicted molar refractivity (Wildman–Crippen MR) is 103 cm³/mol. The van der Waals surface area contributed by atoms with Crippen LogP contribution in [-0.4, -0.2) is 11.0 Å². The van der Waals surface area contributed by atoms with Crippen LogP contribution in [0, 0.1) is 5.82 Å². The minimum absolute atomic E-state index is 0.0908. The van der Waals surface area contributed by atoms with Gasteiger partial charge in [-0.1, -0.05) is 31.2 Å². The van der Waals surface area contributed by atoms with Crippen molar-refractivity contribution < 1.29 is 13.6 Å². The number of amides is 1. The van der Waals surface area contributed by atoms with Crippen LogP contribution in [0.4, 0.5) is 10.1 Å². The maximum atomic E-state index is 13.6. The molecule has 0 unspecified atom stereocenters. The van der Waals surface area contributed by atoms with Crippen LogP contribution in [0.1, 0.15) is 18.1 Å². The van der Waals surface area contributed by atoms with Crippen LogP contribution >= 0.6 is 12.2 Å². The minimum Gasteiger partial charge on any atom is -0.464 e. The van der Waals surface area contributed by atoms with Crippen LogP contribution < -0.4 is 16.2 Å². The molecule has 0 fully saturated rings. The summed E-state index contributed by atoms with van der Waals surface area (Å²) in [6.07, 6.45) is 2.64. The highest BCUT2D eigenvalue weighted by atomic mass is 32.1. The zero-order valence-electron chi connectivity index (χ0n) is 14.1. The number of anilines is 1. The third-order valence-corrected chi connectivity index (χ3v) is 4.12. The number of aryl methyl sites for hydroxylation is 1. The largest absolute Gasteiger partial charge is 0.464 e. The molecule has 2 aromatic carbocycles. The van der Waals surface area contributed by atoms with Crippen LogP contribution in [0.25, 0.3) is 11.0 Å². The zero-order chi connectivity index (χ0) is 18.5. The summed E-state index contributed by atoms with van der Waals surface area (Å²) in [5, 5.41) is 3.68. The predicted octanol–water partition coefficient (Wildman–Crippen LogP) is 3.69. The van der Waals surface area contributed by atoms with Crippen molar-refractivity contribution >= 4 is 39.9 Å². The van der Waals surface area contributed by atoms with Crippen molar-refractivity contribution in [2.45, 2.75) is 19.8 Å². The maximum Gasteiger partial charge on any atom is 0.242 e. The number of hydrogen-bond donors (Lipinski definition) is 3. The number of thiocarbonyl (C=S) groups is 1. The molecule has 0 bridgehead atoms. The Morgan fingerprint density at radius 2 is 2.00 bits per heavy atom. The number of hydrazine groups is 1. The Morgan fingerprint density at radius 3 is 2.77 bits per heavy atom. The fourth-order valence-corrected chi connectivity index (χ4v) is 2.71. The maximum absolute atomic E-state index is 13.6. The molecule has 0 aliphatic carbocycles. The summed E-state index contributed by atoms with van der Waals surface area (Å²) in [6.45, 7) is 2.07. The van der Waals surface area contributed by atoms with E-state index in [9.17, 15) is 9.18 Å². The molecule has 3 N–H and O–H groups in total. The molecule has 1 amide bonds. The van der Waals surface area contributed by atoms with Crippen LogP contribution in [0.3, 0.4) is 0 Å². The van der Waals surface area contributed by atoms with Gasteiger partial charge in [0.25, 0.3) is 0 Å². The fraction of sp³-hybridized carbons (Fsp3) is 0.158. The molecule has 7 heteroatoms. The second-order valence-corrected chi connectivity index (χ2v) is 6.14. The molecule has 134 valence electrons. The van der Waals surface area contributed by atoms with Crippen LogP contribution in [0.2, 0.25) is 0 Å². The second kappa shape index (κ2) is 7.97. The number of fused-ring (bicyclic) bond motifs is 1. The van der Waals surface area contributed by atoms with E-state index in [0.717, 1.165) is 23.0 Å². The topological polar surface area (TPSA) is 66.3 Å². The molecular weight excluding hydrogens is 353 g/mol. The number of benzene rings is 2. The standard InChI is InChI=1S/C19H18FN3O2S/c1-2-12-7-8-14-13(11-25-17(14)9-12)10-18(24)22-23-19(26)21-16-6-4-3-5-15(16)20/h3-9,11H,2,10H2,1H3,(H,22,24)(H2,21,23,26). The molecule has 3 aromatic rings. The van der Waals surface area contributed by atoms with Crippen molar-refractivity contribution in [3.8, 4) is 0 Å². The molecule has 0 saturated carbocycles. The Morgan fingerprint density at radius 1 is 1.19 bits per heavy atom. The third-order valence-electron chi connectivity index (χ3n) is 3.92. The quantitative estimate of drug-likeness (QED) is 0.482. The van der Waals surface area contributed by atoms with Gasteiger partial charge in [0.15, 0.2) is 5.11 Å². The lowest BCUT2D eigenvalue weighted by Crippen LogP contribution is -2.44. The number of hydrogen-bond acceptors (Lipinski definition) is 3. The first-order valence-electron chi connectivity index (χ1n) is 8.16. The average molecular weight is 371 g/mol. The second-order valence-electron chi connectivity index (χ2n) is 5.73. The third kappa shape index (κ3) is 4.18. The van der Waals surface area contributed by atoms with Gasteiger partial charge in [-0.15, -0.1) is 0 Å². The van der Waals surface area contributed by atoms with Crippen molar-refractivity contribution in [3.63, 3.8) is 0 Å². The lowest BCUT2D eigenvalue weighted by Gasteiger charge is -2.11.